The van der Waals surface area contributed by atoms with E-state index in [0.29, 0.717) is 13.0 Å². The number of allylic oxidation sites excluding steroid dienone is 14. The number of hydrogen-bond acceptors (Lipinski definition) is 8. The summed E-state index contributed by atoms with van der Waals surface area (Å²) in [5.41, 5.74) is 5.36. The van der Waals surface area contributed by atoms with Gasteiger partial charge in [0, 0.05) is 13.0 Å². The number of carbonyl (C=O) groups excluding carboxylic acids is 1. The molecule has 0 heterocycles. The maximum absolute atomic E-state index is 12.7. The van der Waals surface area contributed by atoms with Crippen LogP contribution in [-0.4, -0.2) is 60.5 Å². The highest BCUT2D eigenvalue weighted by Gasteiger charge is 2.27. The SMILES string of the molecule is CC/C=C\C/C=C\C/C=C\C/C=C\C/C=C\C/C=C\CCCCCCC(=O)OC(COCCCCCCCC/C=C\CCCCCCCC)COP(=O)(O)OCC(N)C(=O)O. The van der Waals surface area contributed by atoms with Gasteiger partial charge in [0.25, 0.3) is 0 Å². The van der Waals surface area contributed by atoms with Gasteiger partial charge in [0.15, 0.2) is 0 Å². The molecule has 350 valence electrons. The van der Waals surface area contributed by atoms with Crippen LogP contribution in [0.1, 0.15) is 181 Å². The number of carbonyl (C=O) groups is 2. The van der Waals surface area contributed by atoms with Crippen molar-refractivity contribution in [3.05, 3.63) is 85.1 Å². The van der Waals surface area contributed by atoms with E-state index in [0.717, 1.165) is 89.9 Å². The molecule has 0 radical (unpaired) electrons. The van der Waals surface area contributed by atoms with Gasteiger partial charge in [-0.1, -0.05) is 170 Å². The van der Waals surface area contributed by atoms with Crippen molar-refractivity contribution in [2.24, 2.45) is 5.73 Å². The first-order valence-electron chi connectivity index (χ1n) is 23.6. The lowest BCUT2D eigenvalue weighted by atomic mass is 10.1. The van der Waals surface area contributed by atoms with Crippen molar-refractivity contribution < 1.29 is 42.7 Å². The predicted octanol–water partition coefficient (Wildman–Crippen LogP) is 13.5. The van der Waals surface area contributed by atoms with Crippen LogP contribution in [0.2, 0.25) is 0 Å². The van der Waals surface area contributed by atoms with Crippen molar-refractivity contribution in [3.8, 4) is 0 Å². The van der Waals surface area contributed by atoms with E-state index in [4.69, 9.17) is 29.4 Å². The molecular weight excluding hydrogens is 790 g/mol. The Bertz CT molecular complexity index is 1290. The zero-order valence-electron chi connectivity index (χ0n) is 38.2. The second-order valence-corrected chi connectivity index (χ2v) is 17.0. The van der Waals surface area contributed by atoms with E-state index < -0.39 is 45.1 Å². The lowest BCUT2D eigenvalue weighted by molar-refractivity contribution is -0.154. The molecular formula is C50H86NO9P. The molecule has 0 aromatic heterocycles. The van der Waals surface area contributed by atoms with Gasteiger partial charge in [-0.25, -0.2) is 4.57 Å². The second kappa shape index (κ2) is 45.2. The third-order valence-corrected chi connectivity index (χ3v) is 10.6. The fourth-order valence-electron chi connectivity index (χ4n) is 6.01. The standard InChI is InChI=1S/C50H86NO9P/c1-3-5-7-9-11-13-15-17-19-21-22-23-24-25-26-27-28-30-32-34-36-38-40-42-49(52)60-47(45-58-61(55,56)59-46-48(51)50(53)54)44-57-43-41-39-37-35-33-31-29-20-18-16-14-12-10-8-6-4-2/h5,7,11,13,17-20,22-23,25-26,28,30,47-48H,3-4,6,8-10,12,14-16,21,24,27,29,31-46,51H2,1-2H3,(H,53,54)(H,55,56)/b7-5-,13-11-,19-17-,20-18-,23-22-,26-25-,30-28-. The molecule has 0 aromatic rings. The molecule has 11 heteroatoms. The fourth-order valence-corrected chi connectivity index (χ4v) is 6.79. The van der Waals surface area contributed by atoms with E-state index in [9.17, 15) is 19.0 Å². The van der Waals surface area contributed by atoms with E-state index in [1.807, 2.05) is 0 Å². The average Bonchev–Trinajstić information content (AvgIpc) is 3.24. The molecule has 4 N–H and O–H groups in total. The molecule has 0 saturated carbocycles. The zero-order valence-corrected chi connectivity index (χ0v) is 39.1. The molecule has 0 spiro atoms. The first-order chi connectivity index (χ1) is 29.7. The Morgan fingerprint density at radius 1 is 0.541 bits per heavy atom. The fraction of sp³-hybridized carbons (Fsp3) is 0.680. The molecule has 10 nitrogen and oxygen atoms in total. The topological polar surface area (TPSA) is 155 Å². The number of carboxylic acid groups (broad SMARTS) is 1. The number of ether oxygens (including phenoxy) is 2. The number of phosphoric ester groups is 1. The molecule has 0 aliphatic rings. The molecule has 0 saturated heterocycles. The summed E-state index contributed by atoms with van der Waals surface area (Å²) in [5.74, 6) is -1.81. The number of aliphatic carboxylic acids is 1. The summed E-state index contributed by atoms with van der Waals surface area (Å²) in [6.07, 6.45) is 57.7. The maximum Gasteiger partial charge on any atom is 0.472 e. The van der Waals surface area contributed by atoms with E-state index >= 15 is 0 Å². The van der Waals surface area contributed by atoms with Crippen molar-refractivity contribution in [2.45, 2.75) is 193 Å². The molecule has 0 aromatic carbocycles. The number of unbranched alkanes of at least 4 members (excludes halogenated alkanes) is 16. The zero-order chi connectivity index (χ0) is 44.8. The minimum Gasteiger partial charge on any atom is -0.480 e. The van der Waals surface area contributed by atoms with Gasteiger partial charge in [0.2, 0.25) is 0 Å². The number of carboxylic acids is 1. The summed E-state index contributed by atoms with van der Waals surface area (Å²) in [7, 11) is -4.63. The van der Waals surface area contributed by atoms with Crippen LogP contribution in [0.15, 0.2) is 85.1 Å². The van der Waals surface area contributed by atoms with Crippen LogP contribution < -0.4 is 5.73 Å². The van der Waals surface area contributed by atoms with Gasteiger partial charge in [0.1, 0.15) is 12.1 Å². The van der Waals surface area contributed by atoms with Crippen LogP contribution in [0, 0.1) is 0 Å². The van der Waals surface area contributed by atoms with Crippen LogP contribution in [0.4, 0.5) is 0 Å². The van der Waals surface area contributed by atoms with Gasteiger partial charge in [-0.2, -0.15) is 0 Å². The van der Waals surface area contributed by atoms with Crippen LogP contribution >= 0.6 is 7.82 Å². The quantitative estimate of drug-likeness (QED) is 0.0233. The molecule has 0 fully saturated rings. The van der Waals surface area contributed by atoms with Gasteiger partial charge < -0.3 is 25.2 Å². The number of esters is 1. The van der Waals surface area contributed by atoms with Gasteiger partial charge in [-0.15, -0.1) is 0 Å². The van der Waals surface area contributed by atoms with Crippen molar-refractivity contribution >= 4 is 19.8 Å². The summed E-state index contributed by atoms with van der Waals surface area (Å²) in [4.78, 5) is 33.6. The predicted molar refractivity (Wildman–Crippen MR) is 253 cm³/mol. The molecule has 0 bridgehead atoms. The molecule has 3 unspecified atom stereocenters. The summed E-state index contributed by atoms with van der Waals surface area (Å²) in [6.45, 7) is 3.71. The summed E-state index contributed by atoms with van der Waals surface area (Å²) in [6, 6.07) is -1.48. The minimum absolute atomic E-state index is 0.00257. The largest absolute Gasteiger partial charge is 0.480 e. The van der Waals surface area contributed by atoms with Crippen molar-refractivity contribution in [2.75, 3.05) is 26.4 Å². The molecule has 0 aliphatic heterocycles. The Labute approximate surface area is 371 Å². The number of rotatable bonds is 44. The highest BCUT2D eigenvalue weighted by molar-refractivity contribution is 7.47. The highest BCUT2D eigenvalue weighted by atomic mass is 31.2. The summed E-state index contributed by atoms with van der Waals surface area (Å²) in [5, 5.41) is 8.91. The van der Waals surface area contributed by atoms with E-state index in [2.05, 4.69) is 98.9 Å². The Kier molecular flexibility index (Phi) is 43.1. The number of hydrogen-bond donors (Lipinski definition) is 3. The van der Waals surface area contributed by atoms with E-state index in [-0.39, 0.29) is 13.0 Å². The number of phosphoric acid groups is 1. The third-order valence-electron chi connectivity index (χ3n) is 9.66. The summed E-state index contributed by atoms with van der Waals surface area (Å²) < 4.78 is 33.4. The Morgan fingerprint density at radius 2 is 0.951 bits per heavy atom. The van der Waals surface area contributed by atoms with Gasteiger partial charge in [0.05, 0.1) is 19.8 Å². The number of nitrogens with two attached hydrogens (primary N) is 1. The molecule has 0 aliphatic carbocycles. The average molecular weight is 876 g/mol. The van der Waals surface area contributed by atoms with Crippen molar-refractivity contribution in [1.82, 2.24) is 0 Å². The van der Waals surface area contributed by atoms with E-state index in [1.165, 1.54) is 64.2 Å². The second-order valence-electron chi connectivity index (χ2n) is 15.5. The third kappa shape index (κ3) is 45.0. The van der Waals surface area contributed by atoms with Crippen LogP contribution in [0.25, 0.3) is 0 Å². The first-order valence-corrected chi connectivity index (χ1v) is 25.1. The smallest absolute Gasteiger partial charge is 0.472 e. The van der Waals surface area contributed by atoms with Crippen LogP contribution in [0.5, 0.6) is 0 Å². The molecule has 0 amide bonds. The lowest BCUT2D eigenvalue weighted by Crippen LogP contribution is -2.34. The Morgan fingerprint density at radius 3 is 1.44 bits per heavy atom. The minimum atomic E-state index is -4.63. The van der Waals surface area contributed by atoms with Crippen LogP contribution in [-0.2, 0) is 32.7 Å². The first kappa shape index (κ1) is 58.1. The Balaban J connectivity index is 4.28. The van der Waals surface area contributed by atoms with Gasteiger partial charge >= 0.3 is 19.8 Å². The van der Waals surface area contributed by atoms with E-state index in [1.54, 1.807) is 0 Å². The molecule has 0 rings (SSSR count). The monoisotopic (exact) mass is 876 g/mol. The molecule has 3 atom stereocenters. The van der Waals surface area contributed by atoms with Gasteiger partial charge in [-0.3, -0.25) is 18.6 Å². The maximum atomic E-state index is 12.7. The Hall–Kier alpha value is -2.85. The lowest BCUT2D eigenvalue weighted by Gasteiger charge is -2.20. The van der Waals surface area contributed by atoms with Crippen LogP contribution in [0.3, 0.4) is 0 Å². The van der Waals surface area contributed by atoms with Crippen molar-refractivity contribution in [3.63, 3.8) is 0 Å². The van der Waals surface area contributed by atoms with Gasteiger partial charge in [-0.05, 0) is 89.9 Å². The van der Waals surface area contributed by atoms with Crippen molar-refractivity contribution in [1.29, 1.82) is 0 Å². The highest BCUT2D eigenvalue weighted by Crippen LogP contribution is 2.43. The molecule has 61 heavy (non-hydrogen) atoms. The normalized spacial score (nSPS) is 14.6. The summed E-state index contributed by atoms with van der Waals surface area (Å²) >= 11 is 0.